The molecule has 1 amide bonds. The number of amides is 1. The van der Waals surface area contributed by atoms with Gasteiger partial charge in [-0.2, -0.15) is 8.42 Å². The van der Waals surface area contributed by atoms with Crippen LogP contribution in [0.2, 0.25) is 5.02 Å². The number of thiophene rings is 1. The molecule has 0 aliphatic heterocycles. The molecule has 3 aromatic heterocycles. The molecule has 0 atom stereocenters. The van der Waals surface area contributed by atoms with Crippen molar-refractivity contribution in [2.24, 2.45) is 0 Å². The second-order valence-corrected chi connectivity index (χ2v) is 14.0. The van der Waals surface area contributed by atoms with Gasteiger partial charge in [-0.25, -0.2) is 18.4 Å². The molecule has 0 unspecified atom stereocenters. The largest absolute Gasteiger partial charge is 0.455 e. The van der Waals surface area contributed by atoms with Crippen LogP contribution in [0.5, 0.6) is 11.5 Å². The van der Waals surface area contributed by atoms with Crippen LogP contribution in [0.3, 0.4) is 0 Å². The molecule has 16 heteroatoms. The Hall–Kier alpha value is -3.76. The van der Waals surface area contributed by atoms with Gasteiger partial charge in [0, 0.05) is 41.3 Å². The van der Waals surface area contributed by atoms with Gasteiger partial charge in [-0.15, -0.1) is 11.3 Å². The van der Waals surface area contributed by atoms with Crippen molar-refractivity contribution < 1.29 is 30.9 Å². The van der Waals surface area contributed by atoms with E-state index >= 15 is 0 Å². The molecule has 0 bridgehead atoms. The van der Waals surface area contributed by atoms with Gasteiger partial charge >= 0.3 is 0 Å². The summed E-state index contributed by atoms with van der Waals surface area (Å²) in [6.45, 7) is 0.657. The number of sulfone groups is 1. The summed E-state index contributed by atoms with van der Waals surface area (Å²) in [5, 5.41) is 9.40. The quantitative estimate of drug-likeness (QED) is 0.193. The number of rotatable bonds is 9. The first-order valence-electron chi connectivity index (χ1n) is 12.1. The molecule has 2 aromatic carbocycles. The number of hydrogen-bond acceptors (Lipinski definition) is 10. The van der Waals surface area contributed by atoms with Crippen molar-refractivity contribution in [2.45, 2.75) is 6.54 Å². The van der Waals surface area contributed by atoms with Crippen molar-refractivity contribution in [3.05, 3.63) is 71.5 Å². The fraction of sp³-hybridized carbons (Fsp3) is 0.192. The zero-order chi connectivity index (χ0) is 30.5. The fourth-order valence-corrected chi connectivity index (χ4v) is 5.49. The summed E-state index contributed by atoms with van der Waals surface area (Å²) in [5.41, 5.74) is 2.16. The number of halogens is 1. The van der Waals surface area contributed by atoms with Gasteiger partial charge in [0.25, 0.3) is 10.1 Å². The van der Waals surface area contributed by atoms with E-state index in [0.717, 1.165) is 33.1 Å². The number of fused-ring (bicyclic) bond motifs is 2. The van der Waals surface area contributed by atoms with E-state index < -0.39 is 31.6 Å². The first-order valence-corrected chi connectivity index (χ1v) is 17.3. The number of anilines is 2. The molecule has 0 spiro atoms. The molecule has 3 heterocycles. The lowest BCUT2D eigenvalue weighted by Crippen LogP contribution is -2.32. The zero-order valence-electron chi connectivity index (χ0n) is 22.3. The van der Waals surface area contributed by atoms with Crippen molar-refractivity contribution >= 4 is 81.4 Å². The van der Waals surface area contributed by atoms with E-state index in [0.29, 0.717) is 35.1 Å². The Labute approximate surface area is 251 Å². The number of ether oxygens (including phenoxy) is 1. The highest BCUT2D eigenvalue weighted by Crippen LogP contribution is 2.37. The van der Waals surface area contributed by atoms with E-state index in [-0.39, 0.29) is 6.54 Å². The SMILES string of the molecule is CS(=O)(=O)CC(=O)NCCn1ccc2ncnc(Nc3ccc(Oc4cccc5sccc45)c(Cl)c3)c21.CS(=O)(=O)O. The molecule has 0 aliphatic rings. The van der Waals surface area contributed by atoms with Gasteiger partial charge < -0.3 is 19.9 Å². The maximum Gasteiger partial charge on any atom is 0.261 e. The second-order valence-electron chi connectivity index (χ2n) is 9.08. The van der Waals surface area contributed by atoms with Crippen LogP contribution in [0.15, 0.2) is 66.4 Å². The van der Waals surface area contributed by atoms with E-state index in [1.54, 1.807) is 23.5 Å². The monoisotopic (exact) mass is 651 g/mol. The molecular weight excluding hydrogens is 626 g/mol. The Morgan fingerprint density at radius 2 is 1.83 bits per heavy atom. The van der Waals surface area contributed by atoms with Crippen LogP contribution in [-0.2, 0) is 31.3 Å². The number of nitrogens with zero attached hydrogens (tertiary/aromatic N) is 3. The predicted octanol–water partition coefficient (Wildman–Crippen LogP) is 4.50. The molecule has 0 saturated carbocycles. The molecule has 12 nitrogen and oxygen atoms in total. The zero-order valence-corrected chi connectivity index (χ0v) is 25.5. The Morgan fingerprint density at radius 3 is 2.55 bits per heavy atom. The van der Waals surface area contributed by atoms with Crippen molar-refractivity contribution in [2.75, 3.05) is 30.1 Å². The normalized spacial score (nSPS) is 11.6. The van der Waals surface area contributed by atoms with Crippen LogP contribution in [0.4, 0.5) is 11.5 Å². The Bertz CT molecular complexity index is 1950. The van der Waals surface area contributed by atoms with E-state index in [2.05, 4.69) is 20.6 Å². The van der Waals surface area contributed by atoms with Crippen LogP contribution in [0, 0.1) is 0 Å². The van der Waals surface area contributed by atoms with Crippen LogP contribution in [0.1, 0.15) is 0 Å². The van der Waals surface area contributed by atoms with Gasteiger partial charge in [-0.1, -0.05) is 17.7 Å². The molecule has 0 radical (unpaired) electrons. The lowest BCUT2D eigenvalue weighted by Gasteiger charge is -2.13. The summed E-state index contributed by atoms with van der Waals surface area (Å²) in [7, 11) is -7.05. The lowest BCUT2D eigenvalue weighted by molar-refractivity contribution is -0.118. The average molecular weight is 652 g/mol. The van der Waals surface area contributed by atoms with Crippen LogP contribution in [0.25, 0.3) is 21.1 Å². The summed E-state index contributed by atoms with van der Waals surface area (Å²) >= 11 is 8.21. The second kappa shape index (κ2) is 13.0. The summed E-state index contributed by atoms with van der Waals surface area (Å²) in [6, 6.07) is 15.2. The highest BCUT2D eigenvalue weighted by molar-refractivity contribution is 7.91. The Morgan fingerprint density at radius 1 is 1.07 bits per heavy atom. The third-order valence-electron chi connectivity index (χ3n) is 5.49. The third-order valence-corrected chi connectivity index (χ3v) is 7.45. The van der Waals surface area contributed by atoms with Gasteiger partial charge in [-0.05, 0) is 47.8 Å². The van der Waals surface area contributed by atoms with Crippen molar-refractivity contribution in [1.29, 1.82) is 0 Å². The number of hydrogen-bond donors (Lipinski definition) is 3. The van der Waals surface area contributed by atoms with Gasteiger partial charge in [0.15, 0.2) is 15.7 Å². The molecule has 42 heavy (non-hydrogen) atoms. The van der Waals surface area contributed by atoms with Gasteiger partial charge in [0.1, 0.15) is 29.1 Å². The average Bonchev–Trinajstić information content (AvgIpc) is 3.52. The van der Waals surface area contributed by atoms with Crippen molar-refractivity contribution in [3.8, 4) is 11.5 Å². The highest BCUT2D eigenvalue weighted by Gasteiger charge is 2.14. The minimum atomic E-state index is -3.67. The third kappa shape index (κ3) is 8.87. The Balaban J connectivity index is 0.000000748. The van der Waals surface area contributed by atoms with Crippen LogP contribution in [-0.4, -0.2) is 66.6 Å². The number of aromatic nitrogens is 3. The minimum Gasteiger partial charge on any atom is -0.455 e. The lowest BCUT2D eigenvalue weighted by atomic mass is 10.2. The number of benzene rings is 2. The molecule has 5 rings (SSSR count). The Kier molecular flexibility index (Phi) is 9.68. The standard InChI is InChI=1S/C25H22ClN5O4S2.CH4O3S/c1-37(33,34)14-23(32)27-9-11-31-10-7-19-24(31)25(29-15-28-19)30-16-5-6-21(18(26)13-16)35-20-3-2-4-22-17(20)8-12-36-22;1-5(2,3)4/h2-8,10,12-13,15H,9,11,14H2,1H3,(H,27,32)(H,28,29,30);1H3,(H,2,3,4). The molecule has 222 valence electrons. The van der Waals surface area contributed by atoms with E-state index in [1.807, 2.05) is 52.5 Å². The van der Waals surface area contributed by atoms with Crippen molar-refractivity contribution in [3.63, 3.8) is 0 Å². The topological polar surface area (TPSA) is 170 Å². The molecular formula is C26H26ClN5O7S3. The highest BCUT2D eigenvalue weighted by atomic mass is 35.5. The number of nitrogens with one attached hydrogen (secondary N) is 2. The van der Waals surface area contributed by atoms with Crippen LogP contribution >= 0.6 is 22.9 Å². The molecule has 0 fully saturated rings. The smallest absolute Gasteiger partial charge is 0.261 e. The van der Waals surface area contributed by atoms with Gasteiger partial charge in [0.05, 0.1) is 16.8 Å². The first-order chi connectivity index (χ1) is 19.8. The number of carbonyl (C=O) groups is 1. The van der Waals surface area contributed by atoms with E-state index in [1.165, 1.54) is 6.33 Å². The van der Waals surface area contributed by atoms with E-state index in [4.69, 9.17) is 20.9 Å². The summed E-state index contributed by atoms with van der Waals surface area (Å²) < 4.78 is 57.6. The molecule has 0 aliphatic carbocycles. The predicted molar refractivity (Wildman–Crippen MR) is 164 cm³/mol. The summed E-state index contributed by atoms with van der Waals surface area (Å²) in [6.07, 6.45) is 5.04. The summed E-state index contributed by atoms with van der Waals surface area (Å²) in [4.78, 5) is 20.5. The first kappa shape index (κ1) is 31.2. The fourth-order valence-electron chi connectivity index (χ4n) is 3.89. The van der Waals surface area contributed by atoms with E-state index in [9.17, 15) is 21.6 Å². The minimum absolute atomic E-state index is 0.251. The van der Waals surface area contributed by atoms with Gasteiger partial charge in [0.2, 0.25) is 5.91 Å². The van der Waals surface area contributed by atoms with Crippen LogP contribution < -0.4 is 15.4 Å². The van der Waals surface area contributed by atoms with Gasteiger partial charge in [-0.3, -0.25) is 9.35 Å². The number of carbonyl (C=O) groups excluding carboxylic acids is 1. The molecule has 3 N–H and O–H groups in total. The maximum absolute atomic E-state index is 11.8. The summed E-state index contributed by atoms with van der Waals surface area (Å²) in [5.74, 6) is 0.747. The maximum atomic E-state index is 11.8. The van der Waals surface area contributed by atoms with Crippen molar-refractivity contribution in [1.82, 2.24) is 19.9 Å². The molecule has 0 saturated heterocycles. The molecule has 5 aromatic rings.